The van der Waals surface area contributed by atoms with Crippen LogP contribution in [0.3, 0.4) is 0 Å². The van der Waals surface area contributed by atoms with E-state index < -0.39 is 0 Å². The predicted octanol–water partition coefficient (Wildman–Crippen LogP) is 6.66. The minimum atomic E-state index is 0.643. The topological polar surface area (TPSA) is 44.0 Å². The lowest BCUT2D eigenvalue weighted by Crippen LogP contribution is -2.00. The van der Waals surface area contributed by atoms with Crippen molar-refractivity contribution in [2.24, 2.45) is 4.99 Å². The molecule has 0 aliphatic carbocycles. The molecule has 3 aromatic carbocycles. The monoisotopic (exact) mass is 413 g/mol. The number of benzene rings is 2. The number of hydrogen-bond donors (Lipinski definition) is 0. The van der Waals surface area contributed by atoms with Crippen LogP contribution in [0, 0.1) is 20.8 Å². The van der Waals surface area contributed by atoms with E-state index in [0.29, 0.717) is 6.61 Å². The van der Waals surface area contributed by atoms with Crippen LogP contribution in [0.25, 0.3) is 21.9 Å². The van der Waals surface area contributed by atoms with E-state index in [1.165, 1.54) is 5.56 Å². The summed E-state index contributed by atoms with van der Waals surface area (Å²) in [5, 5.41) is 2.76. The molecule has 0 fully saturated rings. The van der Waals surface area contributed by atoms with E-state index in [-0.39, 0.29) is 0 Å². The van der Waals surface area contributed by atoms with Crippen molar-refractivity contribution in [3.05, 3.63) is 83.1 Å². The molecule has 1 heterocycles. The second kappa shape index (κ2) is 8.68. The van der Waals surface area contributed by atoms with Gasteiger partial charge >= 0.3 is 0 Å². The molecule has 4 nitrogen and oxygen atoms in total. The fourth-order valence-electron chi connectivity index (χ4n) is 3.85. The molecule has 0 saturated carbocycles. The highest BCUT2D eigenvalue weighted by molar-refractivity contribution is 5.93. The number of furan rings is 1. The van der Waals surface area contributed by atoms with Gasteiger partial charge in [-0.1, -0.05) is 29.8 Å². The predicted molar refractivity (Wildman–Crippen MR) is 125 cm³/mol. The number of aryl methyl sites for hydroxylation is 3. The maximum absolute atomic E-state index is 5.98. The number of methoxy groups -OCH3 is 1. The SMILES string of the molecule is CCOc1ccc(-c2cc(OC)c3c(C)oc(C)c3c(=Nc3ccc(C)cc3)c2)cc1. The summed E-state index contributed by atoms with van der Waals surface area (Å²) in [7, 11) is 1.69. The molecule has 0 spiro atoms. The van der Waals surface area contributed by atoms with Gasteiger partial charge in [0, 0.05) is 0 Å². The van der Waals surface area contributed by atoms with Gasteiger partial charge in [0.1, 0.15) is 23.0 Å². The quantitative estimate of drug-likeness (QED) is 0.367. The summed E-state index contributed by atoms with van der Waals surface area (Å²) in [6.45, 7) is 8.63. The highest BCUT2D eigenvalue weighted by Crippen LogP contribution is 2.34. The smallest absolute Gasteiger partial charge is 0.130 e. The Labute approximate surface area is 182 Å². The Kier molecular flexibility index (Phi) is 5.81. The summed E-state index contributed by atoms with van der Waals surface area (Å²) in [5.74, 6) is 3.26. The van der Waals surface area contributed by atoms with Gasteiger partial charge in [0.15, 0.2) is 0 Å². The van der Waals surface area contributed by atoms with Gasteiger partial charge in [-0.15, -0.1) is 0 Å². The zero-order chi connectivity index (χ0) is 22.0. The Hall–Kier alpha value is -3.53. The number of ether oxygens (including phenoxy) is 2. The van der Waals surface area contributed by atoms with Gasteiger partial charge in [-0.2, -0.15) is 0 Å². The van der Waals surface area contributed by atoms with Gasteiger partial charge in [0.05, 0.1) is 35.5 Å². The third-order valence-electron chi connectivity index (χ3n) is 5.34. The second-order valence-corrected chi connectivity index (χ2v) is 7.57. The molecule has 0 amide bonds. The van der Waals surface area contributed by atoms with Crippen LogP contribution in [-0.2, 0) is 0 Å². The van der Waals surface area contributed by atoms with Crippen LogP contribution in [0.2, 0.25) is 0 Å². The van der Waals surface area contributed by atoms with Gasteiger partial charge < -0.3 is 13.9 Å². The summed E-state index contributed by atoms with van der Waals surface area (Å²) >= 11 is 0. The minimum Gasteiger partial charge on any atom is -0.496 e. The van der Waals surface area contributed by atoms with Gasteiger partial charge in [-0.05, 0) is 75.2 Å². The first-order chi connectivity index (χ1) is 15.0. The van der Waals surface area contributed by atoms with Crippen molar-refractivity contribution >= 4 is 16.5 Å². The standard InChI is InChI=1S/C27H27NO3/c1-6-30-23-13-9-20(10-14-23)21-15-24(28-22-11-7-17(2)8-12-22)26-18(3)31-19(4)27(26)25(16-21)29-5/h7-16H,6H2,1-5H3. The molecule has 4 heteroatoms. The van der Waals surface area contributed by atoms with Crippen LogP contribution in [0.1, 0.15) is 24.0 Å². The van der Waals surface area contributed by atoms with Crippen molar-refractivity contribution in [1.29, 1.82) is 0 Å². The molecule has 31 heavy (non-hydrogen) atoms. The molecule has 4 rings (SSSR count). The number of nitrogens with zero attached hydrogens (tertiary/aromatic N) is 1. The van der Waals surface area contributed by atoms with E-state index >= 15 is 0 Å². The van der Waals surface area contributed by atoms with Crippen LogP contribution >= 0.6 is 0 Å². The average molecular weight is 414 g/mol. The van der Waals surface area contributed by atoms with Crippen LogP contribution in [-0.4, -0.2) is 13.7 Å². The van der Waals surface area contributed by atoms with Crippen LogP contribution in [0.4, 0.5) is 5.69 Å². The van der Waals surface area contributed by atoms with E-state index in [1.54, 1.807) is 7.11 Å². The molecule has 4 aromatic rings. The molecular weight excluding hydrogens is 386 g/mol. The maximum Gasteiger partial charge on any atom is 0.130 e. The Morgan fingerprint density at radius 2 is 1.48 bits per heavy atom. The van der Waals surface area contributed by atoms with Gasteiger partial charge in [-0.25, -0.2) is 4.99 Å². The second-order valence-electron chi connectivity index (χ2n) is 7.57. The third-order valence-corrected chi connectivity index (χ3v) is 5.34. The van der Waals surface area contributed by atoms with E-state index in [0.717, 1.165) is 56.0 Å². The summed E-state index contributed by atoms with van der Waals surface area (Å²) in [6, 6.07) is 20.4. The van der Waals surface area contributed by atoms with Crippen molar-refractivity contribution in [2.45, 2.75) is 27.7 Å². The first-order valence-corrected chi connectivity index (χ1v) is 10.5. The molecule has 0 radical (unpaired) electrons. The fraction of sp³-hybridized carbons (Fsp3) is 0.222. The van der Waals surface area contributed by atoms with Crippen LogP contribution in [0.5, 0.6) is 11.5 Å². The van der Waals surface area contributed by atoms with Crippen molar-refractivity contribution in [2.75, 3.05) is 13.7 Å². The summed E-state index contributed by atoms with van der Waals surface area (Å²) in [5.41, 5.74) is 4.18. The van der Waals surface area contributed by atoms with Crippen molar-refractivity contribution in [3.8, 4) is 22.6 Å². The van der Waals surface area contributed by atoms with Crippen LogP contribution in [0.15, 0.2) is 70.1 Å². The van der Waals surface area contributed by atoms with Gasteiger partial charge in [-0.3, -0.25) is 0 Å². The van der Waals surface area contributed by atoms with E-state index in [9.17, 15) is 0 Å². The molecule has 0 atom stereocenters. The molecular formula is C27H27NO3. The fourth-order valence-corrected chi connectivity index (χ4v) is 3.85. The lowest BCUT2D eigenvalue weighted by Gasteiger charge is -2.05. The Morgan fingerprint density at radius 3 is 2.13 bits per heavy atom. The first kappa shape index (κ1) is 20.7. The third kappa shape index (κ3) is 4.19. The lowest BCUT2D eigenvalue weighted by molar-refractivity contribution is 0.340. The van der Waals surface area contributed by atoms with Crippen LogP contribution < -0.4 is 14.8 Å². The zero-order valence-corrected chi connectivity index (χ0v) is 18.7. The summed E-state index contributed by atoms with van der Waals surface area (Å²) < 4.78 is 17.4. The van der Waals surface area contributed by atoms with Crippen molar-refractivity contribution < 1.29 is 13.9 Å². The van der Waals surface area contributed by atoms with E-state index in [4.69, 9.17) is 18.9 Å². The largest absolute Gasteiger partial charge is 0.496 e. The minimum absolute atomic E-state index is 0.643. The molecule has 1 aromatic heterocycles. The van der Waals surface area contributed by atoms with Crippen molar-refractivity contribution in [3.63, 3.8) is 0 Å². The highest BCUT2D eigenvalue weighted by Gasteiger charge is 2.15. The first-order valence-electron chi connectivity index (χ1n) is 10.5. The summed E-state index contributed by atoms with van der Waals surface area (Å²) in [4.78, 5) is 4.99. The molecule has 0 unspecified atom stereocenters. The zero-order valence-electron chi connectivity index (χ0n) is 18.7. The molecule has 0 aliphatic rings. The Balaban J connectivity index is 2.03. The number of rotatable bonds is 5. The van der Waals surface area contributed by atoms with E-state index in [2.05, 4.69) is 37.3 Å². The van der Waals surface area contributed by atoms with Gasteiger partial charge in [0.2, 0.25) is 0 Å². The molecule has 0 bridgehead atoms. The van der Waals surface area contributed by atoms with E-state index in [1.807, 2.05) is 51.1 Å². The van der Waals surface area contributed by atoms with Crippen molar-refractivity contribution in [1.82, 2.24) is 0 Å². The number of hydrogen-bond acceptors (Lipinski definition) is 4. The molecule has 158 valence electrons. The molecule has 0 aliphatic heterocycles. The molecule has 0 saturated heterocycles. The summed E-state index contributed by atoms with van der Waals surface area (Å²) in [6.07, 6.45) is 0. The Morgan fingerprint density at radius 1 is 0.806 bits per heavy atom. The van der Waals surface area contributed by atoms with Gasteiger partial charge in [0.25, 0.3) is 0 Å². The molecule has 0 N–H and O–H groups in total. The Bertz CT molecular complexity index is 1280. The average Bonchev–Trinajstić information content (AvgIpc) is 2.96. The highest BCUT2D eigenvalue weighted by atomic mass is 16.5. The normalized spacial score (nSPS) is 11.7. The lowest BCUT2D eigenvalue weighted by atomic mass is 10.1. The number of fused-ring (bicyclic) bond motifs is 1. The maximum atomic E-state index is 5.98.